The van der Waals surface area contributed by atoms with E-state index in [4.69, 9.17) is 5.21 Å². The van der Waals surface area contributed by atoms with Gasteiger partial charge in [-0.2, -0.15) is 0 Å². The van der Waals surface area contributed by atoms with Crippen molar-refractivity contribution in [3.05, 3.63) is 23.3 Å². The van der Waals surface area contributed by atoms with Crippen LogP contribution in [0.25, 0.3) is 0 Å². The van der Waals surface area contributed by atoms with Crippen molar-refractivity contribution in [3.63, 3.8) is 0 Å². The van der Waals surface area contributed by atoms with Crippen molar-refractivity contribution in [1.29, 1.82) is 0 Å². The monoisotopic (exact) mass is 345 g/mol. The van der Waals surface area contributed by atoms with Gasteiger partial charge in [0, 0.05) is 0 Å². The van der Waals surface area contributed by atoms with Crippen molar-refractivity contribution in [2.45, 2.75) is 92.9 Å². The lowest BCUT2D eigenvalue weighted by Crippen LogP contribution is -2.48. The molecule has 2 rings (SSSR count). The number of oxime groups is 1. The smallest absolute Gasteiger partial charge is 0.0543 e. The van der Waals surface area contributed by atoms with Gasteiger partial charge < -0.3 is 5.21 Å². The Hall–Kier alpha value is -1.05. The van der Waals surface area contributed by atoms with Crippen LogP contribution in [0.1, 0.15) is 92.9 Å². The van der Waals surface area contributed by atoms with Gasteiger partial charge in [0.05, 0.1) is 5.71 Å². The summed E-state index contributed by atoms with van der Waals surface area (Å²) in [6, 6.07) is 0. The Balaban J connectivity index is 2.03. The van der Waals surface area contributed by atoms with E-state index in [1.54, 1.807) is 5.57 Å². The van der Waals surface area contributed by atoms with Gasteiger partial charge in [-0.15, -0.1) is 0 Å². The number of fused-ring (bicyclic) bond motifs is 1. The zero-order chi connectivity index (χ0) is 18.7. The predicted molar refractivity (Wildman–Crippen MR) is 108 cm³/mol. The highest BCUT2D eigenvalue weighted by molar-refractivity contribution is 5.81. The number of allylic oxidation sites excluding steroid dienone is 4. The Morgan fingerprint density at radius 3 is 2.64 bits per heavy atom. The fraction of sp³-hybridized carbons (Fsp3) is 0.783. The lowest BCUT2D eigenvalue weighted by molar-refractivity contribution is -0.0390. The second-order valence-electron chi connectivity index (χ2n) is 9.60. The van der Waals surface area contributed by atoms with Gasteiger partial charge in [0.25, 0.3) is 0 Å². The third-order valence-corrected chi connectivity index (χ3v) is 7.29. The first-order valence-electron chi connectivity index (χ1n) is 10.2. The molecule has 0 unspecified atom stereocenters. The van der Waals surface area contributed by atoms with Crippen LogP contribution in [0.5, 0.6) is 0 Å². The van der Waals surface area contributed by atoms with E-state index in [-0.39, 0.29) is 0 Å². The molecule has 0 saturated heterocycles. The van der Waals surface area contributed by atoms with Gasteiger partial charge in [-0.05, 0) is 88.4 Å². The van der Waals surface area contributed by atoms with Gasteiger partial charge >= 0.3 is 0 Å². The molecule has 2 aliphatic carbocycles. The first-order chi connectivity index (χ1) is 11.7. The molecule has 2 heteroatoms. The molecular weight excluding hydrogens is 306 g/mol. The third-order valence-electron chi connectivity index (χ3n) is 7.29. The summed E-state index contributed by atoms with van der Waals surface area (Å²) in [6.07, 6.45) is 14.6. The molecule has 0 spiro atoms. The minimum absolute atomic E-state index is 0.473. The highest BCUT2D eigenvalue weighted by Crippen LogP contribution is 2.60. The van der Waals surface area contributed by atoms with Crippen LogP contribution >= 0.6 is 0 Å². The summed E-state index contributed by atoms with van der Waals surface area (Å²) in [5, 5.41) is 12.0. The van der Waals surface area contributed by atoms with E-state index in [1.165, 1.54) is 44.1 Å². The second-order valence-corrected chi connectivity index (χ2v) is 9.60. The zero-order valence-electron chi connectivity index (χ0n) is 17.4. The van der Waals surface area contributed by atoms with E-state index in [0.29, 0.717) is 10.8 Å². The van der Waals surface area contributed by atoms with Crippen LogP contribution < -0.4 is 0 Å². The summed E-state index contributed by atoms with van der Waals surface area (Å²) >= 11 is 0. The maximum absolute atomic E-state index is 8.74. The molecule has 0 heterocycles. The van der Waals surface area contributed by atoms with E-state index in [0.717, 1.165) is 30.4 Å². The first-order valence-corrected chi connectivity index (χ1v) is 10.2. The fourth-order valence-corrected chi connectivity index (χ4v) is 5.75. The minimum Gasteiger partial charge on any atom is -0.411 e. The zero-order valence-corrected chi connectivity index (χ0v) is 17.4. The largest absolute Gasteiger partial charge is 0.411 e. The minimum atomic E-state index is 0.473. The molecule has 0 bridgehead atoms. The Bertz CT molecular complexity index is 554. The van der Waals surface area contributed by atoms with Crippen LogP contribution in [-0.2, 0) is 0 Å². The molecule has 3 atom stereocenters. The van der Waals surface area contributed by atoms with Crippen molar-refractivity contribution in [3.8, 4) is 0 Å². The lowest BCUT2D eigenvalue weighted by Gasteiger charge is -2.57. The molecule has 0 aromatic rings. The van der Waals surface area contributed by atoms with Gasteiger partial charge in [-0.1, -0.05) is 55.6 Å². The van der Waals surface area contributed by atoms with E-state index in [9.17, 15) is 0 Å². The molecular formula is C23H39NO. The molecule has 1 N–H and O–H groups in total. The SMILES string of the molecule is CC1=CC[C@@H]2C(C)(C)CCC[C@@]2(C)[C@H]1CC/C(C)=C/CC/C(C)=N\O. The molecule has 0 aromatic heterocycles. The average Bonchev–Trinajstić information content (AvgIpc) is 2.53. The Labute approximate surface area is 155 Å². The highest BCUT2D eigenvalue weighted by Gasteiger charge is 2.51. The first kappa shape index (κ1) is 20.3. The summed E-state index contributed by atoms with van der Waals surface area (Å²) in [5.74, 6) is 1.56. The second kappa shape index (κ2) is 8.10. The maximum atomic E-state index is 8.74. The number of nitrogens with zero attached hydrogens (tertiary/aromatic N) is 1. The van der Waals surface area contributed by atoms with Crippen molar-refractivity contribution >= 4 is 5.71 Å². The molecule has 0 radical (unpaired) electrons. The fourth-order valence-electron chi connectivity index (χ4n) is 5.75. The Kier molecular flexibility index (Phi) is 6.56. The Morgan fingerprint density at radius 2 is 1.96 bits per heavy atom. The van der Waals surface area contributed by atoms with E-state index in [2.05, 4.69) is 51.9 Å². The van der Waals surface area contributed by atoms with Gasteiger partial charge in [0.15, 0.2) is 0 Å². The van der Waals surface area contributed by atoms with Crippen LogP contribution in [-0.4, -0.2) is 10.9 Å². The van der Waals surface area contributed by atoms with Gasteiger partial charge in [-0.3, -0.25) is 0 Å². The van der Waals surface area contributed by atoms with Gasteiger partial charge in [0.2, 0.25) is 0 Å². The van der Waals surface area contributed by atoms with Crippen molar-refractivity contribution in [1.82, 2.24) is 0 Å². The van der Waals surface area contributed by atoms with Crippen molar-refractivity contribution < 1.29 is 5.21 Å². The van der Waals surface area contributed by atoms with Crippen LogP contribution in [0.4, 0.5) is 0 Å². The molecule has 2 aliphatic rings. The van der Waals surface area contributed by atoms with Crippen LogP contribution in [0.3, 0.4) is 0 Å². The summed E-state index contributed by atoms with van der Waals surface area (Å²) in [6.45, 7) is 14.1. The predicted octanol–water partition coefficient (Wildman–Crippen LogP) is 7.14. The normalized spacial score (nSPS) is 33.0. The Morgan fingerprint density at radius 1 is 1.24 bits per heavy atom. The molecule has 0 aromatic carbocycles. The molecule has 25 heavy (non-hydrogen) atoms. The molecule has 1 fully saturated rings. The quantitative estimate of drug-likeness (QED) is 0.236. The van der Waals surface area contributed by atoms with Crippen molar-refractivity contribution in [2.75, 3.05) is 0 Å². The summed E-state index contributed by atoms with van der Waals surface area (Å²) in [7, 11) is 0. The molecule has 142 valence electrons. The van der Waals surface area contributed by atoms with Gasteiger partial charge in [-0.25, -0.2) is 0 Å². The van der Waals surface area contributed by atoms with E-state index >= 15 is 0 Å². The van der Waals surface area contributed by atoms with E-state index in [1.807, 2.05) is 6.92 Å². The van der Waals surface area contributed by atoms with Crippen LogP contribution in [0, 0.1) is 22.7 Å². The van der Waals surface area contributed by atoms with E-state index < -0.39 is 0 Å². The highest BCUT2D eigenvalue weighted by atomic mass is 16.4. The standard InChI is InChI=1S/C23H39NO/c1-17(9-7-10-19(3)24-25)11-13-20-18(2)12-14-21-22(4,5)15-8-16-23(20,21)6/h9,12,20-21,25H,7-8,10-11,13-16H2,1-6H3/b17-9+,24-19-/t20-,21+,23-/m0/s1. The number of hydrogen-bond donors (Lipinski definition) is 1. The summed E-state index contributed by atoms with van der Waals surface area (Å²) < 4.78 is 0. The van der Waals surface area contributed by atoms with Crippen molar-refractivity contribution in [2.24, 2.45) is 27.8 Å². The maximum Gasteiger partial charge on any atom is 0.0543 e. The average molecular weight is 346 g/mol. The number of rotatable bonds is 6. The molecule has 0 aliphatic heterocycles. The van der Waals surface area contributed by atoms with Crippen LogP contribution in [0.2, 0.25) is 0 Å². The summed E-state index contributed by atoms with van der Waals surface area (Å²) in [5.41, 5.74) is 4.89. The topological polar surface area (TPSA) is 32.6 Å². The van der Waals surface area contributed by atoms with Crippen LogP contribution in [0.15, 0.2) is 28.5 Å². The molecule has 0 amide bonds. The lowest BCUT2D eigenvalue weighted by atomic mass is 9.48. The third kappa shape index (κ3) is 4.57. The number of hydrogen-bond acceptors (Lipinski definition) is 2. The van der Waals surface area contributed by atoms with Gasteiger partial charge in [0.1, 0.15) is 0 Å². The molecule has 2 nitrogen and oxygen atoms in total. The summed E-state index contributed by atoms with van der Waals surface area (Å²) in [4.78, 5) is 0. The molecule has 1 saturated carbocycles.